The molecule has 1 N–H and O–H groups in total. The summed E-state index contributed by atoms with van der Waals surface area (Å²) in [6.45, 7) is 1.09. The van der Waals surface area contributed by atoms with Crippen molar-refractivity contribution >= 4 is 11.8 Å². The van der Waals surface area contributed by atoms with Gasteiger partial charge in [-0.05, 0) is 17.5 Å². The molecular formula is C19H20N2O2. The first-order chi connectivity index (χ1) is 11.2. The molecule has 1 atom stereocenters. The number of rotatable bonds is 5. The zero-order valence-corrected chi connectivity index (χ0v) is 12.9. The Bertz CT molecular complexity index is 629. The Kier molecular flexibility index (Phi) is 4.71. The Morgan fingerprint density at radius 1 is 0.957 bits per heavy atom. The third-order valence-corrected chi connectivity index (χ3v) is 4.04. The number of carbonyl (C=O) groups excluding carboxylic acids is 2. The summed E-state index contributed by atoms with van der Waals surface area (Å²) >= 11 is 0. The van der Waals surface area contributed by atoms with Gasteiger partial charge in [-0.1, -0.05) is 60.7 Å². The van der Waals surface area contributed by atoms with E-state index in [-0.39, 0.29) is 11.8 Å². The number of benzene rings is 2. The fourth-order valence-electron chi connectivity index (χ4n) is 2.84. The lowest BCUT2D eigenvalue weighted by molar-refractivity contribution is -0.135. The molecule has 3 rings (SSSR count). The van der Waals surface area contributed by atoms with Crippen LogP contribution in [0.1, 0.15) is 24.0 Å². The van der Waals surface area contributed by atoms with Crippen LogP contribution in [-0.4, -0.2) is 22.8 Å². The second kappa shape index (κ2) is 7.09. The van der Waals surface area contributed by atoms with Crippen LogP contribution in [0.4, 0.5) is 0 Å². The van der Waals surface area contributed by atoms with E-state index in [1.807, 2.05) is 65.6 Å². The van der Waals surface area contributed by atoms with Crippen molar-refractivity contribution < 1.29 is 9.59 Å². The van der Waals surface area contributed by atoms with Crippen LogP contribution in [0, 0.1) is 0 Å². The molecule has 2 aromatic carbocycles. The van der Waals surface area contributed by atoms with E-state index >= 15 is 0 Å². The molecule has 1 aliphatic heterocycles. The van der Waals surface area contributed by atoms with Gasteiger partial charge in [-0.2, -0.15) is 0 Å². The highest BCUT2D eigenvalue weighted by atomic mass is 16.2. The third kappa shape index (κ3) is 3.97. The van der Waals surface area contributed by atoms with Gasteiger partial charge in [0.05, 0.1) is 0 Å². The minimum atomic E-state index is -0.394. The maximum atomic E-state index is 12.8. The Hall–Kier alpha value is -2.62. The topological polar surface area (TPSA) is 49.4 Å². The van der Waals surface area contributed by atoms with Gasteiger partial charge in [-0.15, -0.1) is 0 Å². The van der Waals surface area contributed by atoms with E-state index in [2.05, 4.69) is 5.32 Å². The molecule has 0 spiro atoms. The van der Waals surface area contributed by atoms with Crippen molar-refractivity contribution in [2.24, 2.45) is 0 Å². The van der Waals surface area contributed by atoms with E-state index < -0.39 is 6.04 Å². The van der Waals surface area contributed by atoms with Crippen LogP contribution in [0.25, 0.3) is 0 Å². The van der Waals surface area contributed by atoms with Crippen molar-refractivity contribution in [1.82, 2.24) is 10.2 Å². The second-order valence-corrected chi connectivity index (χ2v) is 5.82. The van der Waals surface area contributed by atoms with Crippen LogP contribution in [-0.2, 0) is 22.7 Å². The summed E-state index contributed by atoms with van der Waals surface area (Å²) < 4.78 is 0. The predicted octanol–water partition coefficient (Wildman–Crippen LogP) is 2.49. The molecule has 0 aromatic heterocycles. The quantitative estimate of drug-likeness (QED) is 0.922. The molecule has 1 saturated heterocycles. The number of nitrogens with zero attached hydrogens (tertiary/aromatic N) is 1. The zero-order valence-electron chi connectivity index (χ0n) is 12.9. The van der Waals surface area contributed by atoms with E-state index in [1.165, 1.54) is 0 Å². The molecule has 0 bridgehead atoms. The average molecular weight is 308 g/mol. The first kappa shape index (κ1) is 15.3. The van der Waals surface area contributed by atoms with Gasteiger partial charge in [-0.3, -0.25) is 9.59 Å². The summed E-state index contributed by atoms with van der Waals surface area (Å²) in [6.07, 6.45) is 1.01. The molecule has 118 valence electrons. The Balaban J connectivity index is 1.77. The smallest absolute Gasteiger partial charge is 0.245 e. The van der Waals surface area contributed by atoms with Gasteiger partial charge in [-0.25, -0.2) is 0 Å². The Morgan fingerprint density at radius 3 is 1.91 bits per heavy atom. The highest BCUT2D eigenvalue weighted by molar-refractivity contribution is 5.90. The van der Waals surface area contributed by atoms with Crippen molar-refractivity contribution in [1.29, 1.82) is 0 Å². The van der Waals surface area contributed by atoms with Gasteiger partial charge in [0.15, 0.2) is 0 Å². The van der Waals surface area contributed by atoms with Crippen molar-refractivity contribution in [3.05, 3.63) is 71.8 Å². The van der Waals surface area contributed by atoms with Crippen LogP contribution < -0.4 is 5.32 Å². The van der Waals surface area contributed by atoms with Crippen LogP contribution in [0.5, 0.6) is 0 Å². The minimum absolute atomic E-state index is 0.0106. The van der Waals surface area contributed by atoms with E-state index in [0.717, 1.165) is 11.1 Å². The number of hydrogen-bond acceptors (Lipinski definition) is 2. The molecule has 0 saturated carbocycles. The van der Waals surface area contributed by atoms with Crippen molar-refractivity contribution in [2.45, 2.75) is 32.0 Å². The summed E-state index contributed by atoms with van der Waals surface area (Å²) in [5.41, 5.74) is 2.17. The molecule has 0 aliphatic carbocycles. The van der Waals surface area contributed by atoms with E-state index in [9.17, 15) is 9.59 Å². The molecule has 1 heterocycles. The largest absolute Gasteiger partial charge is 0.344 e. The summed E-state index contributed by atoms with van der Waals surface area (Å²) in [4.78, 5) is 26.0. The third-order valence-electron chi connectivity index (χ3n) is 4.04. The summed E-state index contributed by atoms with van der Waals surface area (Å²) in [7, 11) is 0. The maximum Gasteiger partial charge on any atom is 0.245 e. The van der Waals surface area contributed by atoms with E-state index in [0.29, 0.717) is 25.9 Å². The van der Waals surface area contributed by atoms with E-state index in [1.54, 1.807) is 0 Å². The number of nitrogens with one attached hydrogen (secondary N) is 1. The van der Waals surface area contributed by atoms with Crippen molar-refractivity contribution in [3.63, 3.8) is 0 Å². The number of hydrogen-bond donors (Lipinski definition) is 1. The standard InChI is InChI=1S/C19H20N2O2/c22-18-12-11-17(20-18)19(23)21(13-15-7-3-1-4-8-15)14-16-9-5-2-6-10-16/h1-10,17H,11-14H2,(H,20,22)/t17-/m0/s1. The van der Waals surface area contributed by atoms with Gasteiger partial charge in [0.1, 0.15) is 6.04 Å². The molecular weight excluding hydrogens is 288 g/mol. The Labute approximate surface area is 136 Å². The first-order valence-electron chi connectivity index (χ1n) is 7.88. The number of carbonyl (C=O) groups is 2. The van der Waals surface area contributed by atoms with Crippen LogP contribution in [0.15, 0.2) is 60.7 Å². The number of amides is 2. The maximum absolute atomic E-state index is 12.8. The van der Waals surface area contributed by atoms with Crippen LogP contribution >= 0.6 is 0 Å². The van der Waals surface area contributed by atoms with Crippen LogP contribution in [0.3, 0.4) is 0 Å². The molecule has 4 nitrogen and oxygen atoms in total. The van der Waals surface area contributed by atoms with Gasteiger partial charge in [0, 0.05) is 19.5 Å². The summed E-state index contributed by atoms with van der Waals surface area (Å²) in [6, 6.07) is 19.5. The monoisotopic (exact) mass is 308 g/mol. The van der Waals surface area contributed by atoms with E-state index in [4.69, 9.17) is 0 Å². The van der Waals surface area contributed by atoms with Crippen molar-refractivity contribution in [2.75, 3.05) is 0 Å². The second-order valence-electron chi connectivity index (χ2n) is 5.82. The molecule has 0 radical (unpaired) electrons. The highest BCUT2D eigenvalue weighted by Crippen LogP contribution is 2.15. The van der Waals surface area contributed by atoms with Gasteiger partial charge in [0.25, 0.3) is 0 Å². The molecule has 2 aromatic rings. The highest BCUT2D eigenvalue weighted by Gasteiger charge is 2.30. The molecule has 1 aliphatic rings. The molecule has 0 unspecified atom stereocenters. The van der Waals surface area contributed by atoms with Gasteiger partial charge >= 0.3 is 0 Å². The molecule has 23 heavy (non-hydrogen) atoms. The average Bonchev–Trinajstić information content (AvgIpc) is 3.02. The molecule has 4 heteroatoms. The normalized spacial score (nSPS) is 16.9. The van der Waals surface area contributed by atoms with Crippen molar-refractivity contribution in [3.8, 4) is 0 Å². The Morgan fingerprint density at radius 2 is 1.48 bits per heavy atom. The molecule has 2 amide bonds. The summed E-state index contributed by atoms with van der Waals surface area (Å²) in [5, 5.41) is 2.78. The van der Waals surface area contributed by atoms with Gasteiger partial charge < -0.3 is 10.2 Å². The predicted molar refractivity (Wildman–Crippen MR) is 88.3 cm³/mol. The zero-order chi connectivity index (χ0) is 16.1. The molecule has 1 fully saturated rings. The SMILES string of the molecule is O=C1CC[C@@H](C(=O)N(Cc2ccccc2)Cc2ccccc2)N1. The lowest BCUT2D eigenvalue weighted by atomic mass is 10.1. The fraction of sp³-hybridized carbons (Fsp3) is 0.263. The lowest BCUT2D eigenvalue weighted by Gasteiger charge is -2.26. The van der Waals surface area contributed by atoms with Crippen LogP contribution in [0.2, 0.25) is 0 Å². The minimum Gasteiger partial charge on any atom is -0.344 e. The summed E-state index contributed by atoms with van der Waals surface area (Å²) in [5.74, 6) is -0.0497. The fourth-order valence-corrected chi connectivity index (χ4v) is 2.84. The lowest BCUT2D eigenvalue weighted by Crippen LogP contribution is -2.43. The van der Waals surface area contributed by atoms with Gasteiger partial charge in [0.2, 0.25) is 11.8 Å². The first-order valence-corrected chi connectivity index (χ1v) is 7.88.